The van der Waals surface area contributed by atoms with Crippen LogP contribution in [0.5, 0.6) is 0 Å². The summed E-state index contributed by atoms with van der Waals surface area (Å²) in [5.74, 6) is 0.293. The lowest BCUT2D eigenvalue weighted by Crippen LogP contribution is -2.36. The van der Waals surface area contributed by atoms with Crippen LogP contribution in [0.15, 0.2) is 0 Å². The standard InChI is InChI=1S/C11H25NO2S/c1-5-6-7-11(12-10(2)3)8-9-15(4,13)14/h10-12H,5-9H2,1-4H3. The van der Waals surface area contributed by atoms with Gasteiger partial charge in [-0.05, 0) is 12.8 Å². The Morgan fingerprint density at radius 3 is 2.20 bits per heavy atom. The van der Waals surface area contributed by atoms with Crippen LogP contribution in [0.2, 0.25) is 0 Å². The highest BCUT2D eigenvalue weighted by molar-refractivity contribution is 7.90. The maximum atomic E-state index is 11.1. The fourth-order valence-electron chi connectivity index (χ4n) is 1.59. The van der Waals surface area contributed by atoms with Gasteiger partial charge in [-0.3, -0.25) is 0 Å². The first-order valence-electron chi connectivity index (χ1n) is 5.79. The first-order valence-corrected chi connectivity index (χ1v) is 7.85. The summed E-state index contributed by atoms with van der Waals surface area (Å²) in [7, 11) is -2.82. The van der Waals surface area contributed by atoms with E-state index in [4.69, 9.17) is 0 Å². The summed E-state index contributed by atoms with van der Waals surface area (Å²) in [6, 6.07) is 0.770. The summed E-state index contributed by atoms with van der Waals surface area (Å²) < 4.78 is 22.1. The average molecular weight is 235 g/mol. The molecular weight excluding hydrogens is 210 g/mol. The van der Waals surface area contributed by atoms with E-state index in [-0.39, 0.29) is 0 Å². The third kappa shape index (κ3) is 10.2. The molecule has 92 valence electrons. The van der Waals surface area contributed by atoms with Crippen molar-refractivity contribution in [1.29, 1.82) is 0 Å². The zero-order valence-electron chi connectivity index (χ0n) is 10.4. The van der Waals surface area contributed by atoms with Crippen LogP contribution < -0.4 is 5.32 Å². The van der Waals surface area contributed by atoms with Crippen molar-refractivity contribution in [2.24, 2.45) is 0 Å². The fourth-order valence-corrected chi connectivity index (χ4v) is 2.30. The molecule has 0 aromatic heterocycles. The Hall–Kier alpha value is -0.0900. The molecule has 0 rings (SSSR count). The molecule has 4 heteroatoms. The second-order valence-electron chi connectivity index (χ2n) is 4.58. The average Bonchev–Trinajstić information content (AvgIpc) is 2.07. The van der Waals surface area contributed by atoms with Crippen molar-refractivity contribution in [2.45, 2.75) is 58.5 Å². The number of hydrogen-bond acceptors (Lipinski definition) is 3. The molecule has 0 saturated heterocycles. The lowest BCUT2D eigenvalue weighted by molar-refractivity contribution is 0.417. The van der Waals surface area contributed by atoms with Gasteiger partial charge in [-0.25, -0.2) is 8.42 Å². The van der Waals surface area contributed by atoms with Crippen LogP contribution in [-0.4, -0.2) is 32.5 Å². The van der Waals surface area contributed by atoms with Crippen molar-refractivity contribution in [3.8, 4) is 0 Å². The van der Waals surface area contributed by atoms with Crippen LogP contribution in [0, 0.1) is 0 Å². The van der Waals surface area contributed by atoms with Crippen molar-refractivity contribution in [1.82, 2.24) is 5.32 Å². The Balaban J connectivity index is 4.00. The van der Waals surface area contributed by atoms with E-state index in [9.17, 15) is 8.42 Å². The molecule has 0 aliphatic carbocycles. The summed E-state index contributed by atoms with van der Waals surface area (Å²) in [5, 5.41) is 3.42. The van der Waals surface area contributed by atoms with Gasteiger partial charge in [-0.15, -0.1) is 0 Å². The van der Waals surface area contributed by atoms with Gasteiger partial charge in [0.2, 0.25) is 0 Å². The lowest BCUT2D eigenvalue weighted by atomic mass is 10.1. The van der Waals surface area contributed by atoms with E-state index in [0.29, 0.717) is 17.8 Å². The van der Waals surface area contributed by atoms with Crippen LogP contribution in [-0.2, 0) is 9.84 Å². The van der Waals surface area contributed by atoms with Crippen LogP contribution in [0.1, 0.15) is 46.5 Å². The molecule has 1 unspecified atom stereocenters. The zero-order valence-corrected chi connectivity index (χ0v) is 11.2. The molecule has 1 N–H and O–H groups in total. The molecule has 0 heterocycles. The molecule has 0 amide bonds. The van der Waals surface area contributed by atoms with Crippen molar-refractivity contribution in [3.63, 3.8) is 0 Å². The minimum Gasteiger partial charge on any atom is -0.312 e. The summed E-state index contributed by atoms with van der Waals surface area (Å²) in [5.41, 5.74) is 0. The minimum absolute atomic E-state index is 0.293. The van der Waals surface area contributed by atoms with Crippen LogP contribution >= 0.6 is 0 Å². The Morgan fingerprint density at radius 2 is 1.80 bits per heavy atom. The zero-order chi connectivity index (χ0) is 11.9. The Morgan fingerprint density at radius 1 is 1.20 bits per heavy atom. The SMILES string of the molecule is CCCCC(CCS(C)(=O)=O)NC(C)C. The summed E-state index contributed by atoms with van der Waals surface area (Å²) in [4.78, 5) is 0. The van der Waals surface area contributed by atoms with Gasteiger partial charge in [0.05, 0.1) is 5.75 Å². The molecule has 0 aromatic carbocycles. The second-order valence-corrected chi connectivity index (χ2v) is 6.84. The highest BCUT2D eigenvalue weighted by atomic mass is 32.2. The van der Waals surface area contributed by atoms with Crippen molar-refractivity contribution >= 4 is 9.84 Å². The van der Waals surface area contributed by atoms with Gasteiger partial charge in [-0.2, -0.15) is 0 Å². The van der Waals surface area contributed by atoms with Crippen LogP contribution in [0.3, 0.4) is 0 Å². The van der Waals surface area contributed by atoms with E-state index in [0.717, 1.165) is 25.7 Å². The topological polar surface area (TPSA) is 46.2 Å². The van der Waals surface area contributed by atoms with E-state index < -0.39 is 9.84 Å². The molecule has 0 bridgehead atoms. The Kier molecular flexibility index (Phi) is 7.18. The molecular formula is C11H25NO2S. The van der Waals surface area contributed by atoms with Gasteiger partial charge in [0, 0.05) is 18.3 Å². The molecule has 1 atom stereocenters. The number of hydrogen-bond donors (Lipinski definition) is 1. The Bertz CT molecular complexity index is 247. The summed E-state index contributed by atoms with van der Waals surface area (Å²) >= 11 is 0. The molecule has 0 saturated carbocycles. The van der Waals surface area contributed by atoms with E-state index in [1.165, 1.54) is 6.26 Å². The summed E-state index contributed by atoms with van der Waals surface area (Å²) in [6.45, 7) is 6.35. The quantitative estimate of drug-likeness (QED) is 0.700. The number of sulfone groups is 1. The van der Waals surface area contributed by atoms with Gasteiger partial charge < -0.3 is 5.32 Å². The van der Waals surface area contributed by atoms with E-state index in [1.807, 2.05) is 0 Å². The highest BCUT2D eigenvalue weighted by Crippen LogP contribution is 2.07. The summed E-state index contributed by atoms with van der Waals surface area (Å²) in [6.07, 6.45) is 5.43. The monoisotopic (exact) mass is 235 g/mol. The highest BCUT2D eigenvalue weighted by Gasteiger charge is 2.12. The van der Waals surface area contributed by atoms with E-state index >= 15 is 0 Å². The smallest absolute Gasteiger partial charge is 0.147 e. The maximum Gasteiger partial charge on any atom is 0.147 e. The molecule has 0 aromatic rings. The third-order valence-corrected chi connectivity index (χ3v) is 3.29. The molecule has 0 aliphatic rings. The normalized spacial score (nSPS) is 14.5. The van der Waals surface area contributed by atoms with E-state index in [1.54, 1.807) is 0 Å². The molecule has 0 fully saturated rings. The van der Waals surface area contributed by atoms with Gasteiger partial charge in [0.15, 0.2) is 0 Å². The molecule has 0 radical (unpaired) electrons. The first-order chi connectivity index (χ1) is 6.85. The van der Waals surface area contributed by atoms with Gasteiger partial charge in [0.25, 0.3) is 0 Å². The van der Waals surface area contributed by atoms with Crippen LogP contribution in [0.4, 0.5) is 0 Å². The molecule has 0 spiro atoms. The third-order valence-electron chi connectivity index (χ3n) is 2.31. The number of unbranched alkanes of at least 4 members (excludes halogenated alkanes) is 1. The van der Waals surface area contributed by atoms with Crippen LogP contribution in [0.25, 0.3) is 0 Å². The van der Waals surface area contributed by atoms with Gasteiger partial charge in [-0.1, -0.05) is 33.6 Å². The Labute approximate surface area is 94.6 Å². The molecule has 0 aliphatic heterocycles. The number of rotatable bonds is 8. The van der Waals surface area contributed by atoms with E-state index in [2.05, 4.69) is 26.1 Å². The predicted molar refractivity (Wildman–Crippen MR) is 65.9 cm³/mol. The van der Waals surface area contributed by atoms with Crippen molar-refractivity contribution in [3.05, 3.63) is 0 Å². The van der Waals surface area contributed by atoms with Crippen molar-refractivity contribution in [2.75, 3.05) is 12.0 Å². The van der Waals surface area contributed by atoms with Gasteiger partial charge in [0.1, 0.15) is 9.84 Å². The molecule has 15 heavy (non-hydrogen) atoms. The fraction of sp³-hybridized carbons (Fsp3) is 1.00. The first kappa shape index (κ1) is 14.9. The minimum atomic E-state index is -2.82. The van der Waals surface area contributed by atoms with Gasteiger partial charge >= 0.3 is 0 Å². The molecule has 3 nitrogen and oxygen atoms in total. The second kappa shape index (κ2) is 7.23. The number of nitrogens with one attached hydrogen (secondary N) is 1. The lowest BCUT2D eigenvalue weighted by Gasteiger charge is -2.20. The predicted octanol–water partition coefficient (Wildman–Crippen LogP) is 1.98. The maximum absolute atomic E-state index is 11.1. The largest absolute Gasteiger partial charge is 0.312 e. The van der Waals surface area contributed by atoms with Crippen molar-refractivity contribution < 1.29 is 8.42 Å².